The number of nitrogens with zero attached hydrogens (tertiary/aromatic N) is 4. The van der Waals surface area contributed by atoms with Crippen LogP contribution in [0.2, 0.25) is 5.15 Å². The molecule has 0 spiro atoms. The van der Waals surface area contributed by atoms with Crippen LogP contribution in [0.25, 0.3) is 0 Å². The molecule has 1 atom stereocenters. The number of hydrogen-bond donors (Lipinski definition) is 0. The number of carbonyl (C=O) groups excluding carboxylic acids is 1. The molecule has 1 aliphatic rings. The highest BCUT2D eigenvalue weighted by atomic mass is 35.5. The second-order valence-electron chi connectivity index (χ2n) is 6.61. The number of carbonyl (C=O) groups is 1. The summed E-state index contributed by atoms with van der Waals surface area (Å²) >= 11 is 6.07. The summed E-state index contributed by atoms with van der Waals surface area (Å²) in [6, 6.07) is 0.0973. The van der Waals surface area contributed by atoms with Gasteiger partial charge in [-0.3, -0.25) is 0 Å². The van der Waals surface area contributed by atoms with Gasteiger partial charge in [-0.15, -0.1) is 0 Å². The van der Waals surface area contributed by atoms with E-state index in [1.165, 1.54) is 0 Å². The zero-order valence-corrected chi connectivity index (χ0v) is 14.5. The number of aromatic nitrogens is 2. The lowest BCUT2D eigenvalue weighted by molar-refractivity contribution is 0.0218. The quantitative estimate of drug-likeness (QED) is 0.743. The van der Waals surface area contributed by atoms with Gasteiger partial charge in [0.15, 0.2) is 0 Å². The van der Waals surface area contributed by atoms with Crippen molar-refractivity contribution in [2.45, 2.75) is 46.3 Å². The lowest BCUT2D eigenvalue weighted by Crippen LogP contribution is -2.55. The van der Waals surface area contributed by atoms with Crippen molar-refractivity contribution in [3.8, 4) is 0 Å². The molecule has 0 aliphatic carbocycles. The van der Waals surface area contributed by atoms with Crippen LogP contribution in [0.3, 0.4) is 0 Å². The van der Waals surface area contributed by atoms with Gasteiger partial charge in [0.25, 0.3) is 0 Å². The normalized spacial score (nSPS) is 19.3. The van der Waals surface area contributed by atoms with Crippen molar-refractivity contribution in [3.05, 3.63) is 16.9 Å². The summed E-state index contributed by atoms with van der Waals surface area (Å²) in [5.74, 6) is 0.604. The van der Waals surface area contributed by atoms with E-state index in [4.69, 9.17) is 16.3 Å². The summed E-state index contributed by atoms with van der Waals surface area (Å²) in [4.78, 5) is 24.6. The van der Waals surface area contributed by atoms with Crippen molar-refractivity contribution < 1.29 is 9.53 Å². The van der Waals surface area contributed by atoms with Gasteiger partial charge in [0.2, 0.25) is 5.95 Å². The molecule has 122 valence electrons. The number of amides is 1. The summed E-state index contributed by atoms with van der Waals surface area (Å²) in [5, 5.41) is 0.465. The van der Waals surface area contributed by atoms with E-state index < -0.39 is 5.60 Å². The number of hydrogen-bond acceptors (Lipinski definition) is 5. The van der Waals surface area contributed by atoms with E-state index in [0.717, 1.165) is 5.56 Å². The molecule has 0 N–H and O–H groups in total. The van der Waals surface area contributed by atoms with E-state index in [2.05, 4.69) is 14.9 Å². The Morgan fingerprint density at radius 1 is 1.41 bits per heavy atom. The summed E-state index contributed by atoms with van der Waals surface area (Å²) < 4.78 is 5.42. The minimum absolute atomic E-state index is 0.0973. The van der Waals surface area contributed by atoms with E-state index in [1.54, 1.807) is 11.1 Å². The molecule has 0 unspecified atom stereocenters. The largest absolute Gasteiger partial charge is 0.444 e. The van der Waals surface area contributed by atoms with Crippen molar-refractivity contribution in [2.75, 3.05) is 24.5 Å². The van der Waals surface area contributed by atoms with Gasteiger partial charge in [-0.05, 0) is 34.6 Å². The summed E-state index contributed by atoms with van der Waals surface area (Å²) in [7, 11) is 0. The van der Waals surface area contributed by atoms with E-state index >= 15 is 0 Å². The Morgan fingerprint density at radius 3 is 2.64 bits per heavy atom. The maximum absolute atomic E-state index is 12.1. The average Bonchev–Trinajstić information content (AvgIpc) is 2.40. The van der Waals surface area contributed by atoms with Crippen LogP contribution in [0.4, 0.5) is 10.7 Å². The third-order valence-electron chi connectivity index (χ3n) is 3.43. The Morgan fingerprint density at radius 2 is 2.09 bits per heavy atom. The summed E-state index contributed by atoms with van der Waals surface area (Å²) in [6.07, 6.45) is 1.44. The van der Waals surface area contributed by atoms with Crippen LogP contribution < -0.4 is 4.90 Å². The molecule has 0 saturated carbocycles. The molecule has 0 radical (unpaired) electrons. The molecule has 0 bridgehead atoms. The highest BCUT2D eigenvalue weighted by molar-refractivity contribution is 6.30. The van der Waals surface area contributed by atoms with Crippen molar-refractivity contribution >= 4 is 23.6 Å². The molecular formula is C15H23ClN4O2. The van der Waals surface area contributed by atoms with Gasteiger partial charge >= 0.3 is 6.09 Å². The van der Waals surface area contributed by atoms with Gasteiger partial charge in [0, 0.05) is 37.4 Å². The van der Waals surface area contributed by atoms with Crippen molar-refractivity contribution in [3.63, 3.8) is 0 Å². The van der Waals surface area contributed by atoms with Crippen LogP contribution in [0.5, 0.6) is 0 Å². The second-order valence-corrected chi connectivity index (χ2v) is 6.97. The SMILES string of the molecule is Cc1cnc(N2CCN(C(=O)OC(C)(C)C)C[C@@H]2C)nc1Cl. The first kappa shape index (κ1) is 16.8. The first-order valence-corrected chi connectivity index (χ1v) is 7.79. The first-order chi connectivity index (χ1) is 10.2. The second kappa shape index (κ2) is 6.28. The Balaban J connectivity index is 2.03. The third kappa shape index (κ3) is 4.00. The Kier molecular flexibility index (Phi) is 4.80. The molecule has 1 aliphatic heterocycles. The molecule has 6 nitrogen and oxygen atoms in total. The molecule has 1 fully saturated rings. The monoisotopic (exact) mass is 326 g/mol. The highest BCUT2D eigenvalue weighted by Gasteiger charge is 2.31. The molecule has 0 aromatic carbocycles. The smallest absolute Gasteiger partial charge is 0.410 e. The van der Waals surface area contributed by atoms with Gasteiger partial charge in [-0.25, -0.2) is 14.8 Å². The molecule has 1 aromatic heterocycles. The fourth-order valence-electron chi connectivity index (χ4n) is 2.30. The van der Waals surface area contributed by atoms with E-state index in [9.17, 15) is 4.79 Å². The predicted octanol–water partition coefficient (Wildman–Crippen LogP) is 2.88. The maximum atomic E-state index is 12.1. The zero-order valence-electron chi connectivity index (χ0n) is 13.8. The lowest BCUT2D eigenvalue weighted by atomic mass is 10.2. The van der Waals surface area contributed by atoms with E-state index in [0.29, 0.717) is 30.7 Å². The van der Waals surface area contributed by atoms with E-state index in [-0.39, 0.29) is 12.1 Å². The Hall–Kier alpha value is -1.56. The molecule has 1 saturated heterocycles. The molecule has 2 heterocycles. The lowest BCUT2D eigenvalue weighted by Gasteiger charge is -2.40. The number of ether oxygens (including phenoxy) is 1. The van der Waals surface area contributed by atoms with Crippen LogP contribution in [0.1, 0.15) is 33.3 Å². The molecule has 7 heteroatoms. The van der Waals surface area contributed by atoms with Gasteiger partial charge in [-0.1, -0.05) is 11.6 Å². The fraction of sp³-hybridized carbons (Fsp3) is 0.667. The van der Waals surface area contributed by atoms with Crippen LogP contribution in [0, 0.1) is 6.92 Å². The van der Waals surface area contributed by atoms with Crippen LogP contribution in [-0.4, -0.2) is 52.2 Å². The third-order valence-corrected chi connectivity index (χ3v) is 3.82. The van der Waals surface area contributed by atoms with E-state index in [1.807, 2.05) is 34.6 Å². The number of rotatable bonds is 1. The number of piperazine rings is 1. The fourth-order valence-corrected chi connectivity index (χ4v) is 2.42. The highest BCUT2D eigenvalue weighted by Crippen LogP contribution is 2.21. The van der Waals surface area contributed by atoms with Crippen molar-refractivity contribution in [2.24, 2.45) is 0 Å². The standard InChI is InChI=1S/C15H23ClN4O2/c1-10-8-17-13(18-12(10)16)20-7-6-19(9-11(20)2)14(21)22-15(3,4)5/h8,11H,6-7,9H2,1-5H3/t11-/m0/s1. The number of anilines is 1. The predicted molar refractivity (Wildman–Crippen MR) is 86.4 cm³/mol. The minimum atomic E-state index is -0.481. The number of halogens is 1. The zero-order chi connectivity index (χ0) is 16.5. The van der Waals surface area contributed by atoms with Gasteiger partial charge in [-0.2, -0.15) is 0 Å². The van der Waals surface area contributed by atoms with Crippen LogP contribution in [0.15, 0.2) is 6.20 Å². The van der Waals surface area contributed by atoms with Crippen molar-refractivity contribution in [1.29, 1.82) is 0 Å². The van der Waals surface area contributed by atoms with Gasteiger partial charge in [0.1, 0.15) is 10.8 Å². The first-order valence-electron chi connectivity index (χ1n) is 7.41. The topological polar surface area (TPSA) is 58.6 Å². The van der Waals surface area contributed by atoms with Gasteiger partial charge < -0.3 is 14.5 Å². The van der Waals surface area contributed by atoms with Crippen LogP contribution >= 0.6 is 11.6 Å². The van der Waals surface area contributed by atoms with Crippen LogP contribution in [-0.2, 0) is 4.74 Å². The molecule has 2 rings (SSSR count). The Bertz CT molecular complexity index is 559. The molecule has 1 amide bonds. The summed E-state index contributed by atoms with van der Waals surface area (Å²) in [6.45, 7) is 11.3. The van der Waals surface area contributed by atoms with Gasteiger partial charge in [0.05, 0.1) is 0 Å². The maximum Gasteiger partial charge on any atom is 0.410 e. The molecule has 22 heavy (non-hydrogen) atoms. The van der Waals surface area contributed by atoms with Crippen molar-refractivity contribution in [1.82, 2.24) is 14.9 Å². The minimum Gasteiger partial charge on any atom is -0.444 e. The molecular weight excluding hydrogens is 304 g/mol. The Labute approximate surface area is 136 Å². The average molecular weight is 327 g/mol. The molecule has 1 aromatic rings. The summed E-state index contributed by atoms with van der Waals surface area (Å²) in [5.41, 5.74) is 0.371. The number of aryl methyl sites for hydroxylation is 1.